The second-order valence-electron chi connectivity index (χ2n) is 2.79. The largest absolute Gasteiger partial charge is 0.397 e. The number of nitrogens with zero attached hydrogens (tertiary/aromatic N) is 1. The van der Waals surface area contributed by atoms with Gasteiger partial charge in [-0.15, -0.1) is 0 Å². The van der Waals surface area contributed by atoms with Crippen LogP contribution in [0.5, 0.6) is 0 Å². The minimum Gasteiger partial charge on any atom is -0.397 e. The van der Waals surface area contributed by atoms with Gasteiger partial charge in [0.05, 0.1) is 11.4 Å². The zero-order chi connectivity index (χ0) is 9.10. The third-order valence-electron chi connectivity index (χ3n) is 1.82. The minimum absolute atomic E-state index is 0.729. The van der Waals surface area contributed by atoms with Gasteiger partial charge in [-0.05, 0) is 18.2 Å². The summed E-state index contributed by atoms with van der Waals surface area (Å²) in [5.74, 6) is 0. The van der Waals surface area contributed by atoms with Crippen LogP contribution in [-0.2, 0) is 0 Å². The Labute approximate surface area is 77.1 Å². The number of para-hydroxylation sites is 1. The van der Waals surface area contributed by atoms with Crippen LogP contribution in [0, 0.1) is 0 Å². The molecule has 1 aromatic rings. The van der Waals surface area contributed by atoms with E-state index in [1.807, 2.05) is 47.6 Å². The summed E-state index contributed by atoms with van der Waals surface area (Å²) >= 11 is 0. The zero-order valence-corrected chi connectivity index (χ0v) is 7.14. The highest BCUT2D eigenvalue weighted by Gasteiger charge is 2.02. The van der Waals surface area contributed by atoms with Crippen molar-refractivity contribution < 1.29 is 0 Å². The predicted octanol–water partition coefficient (Wildman–Crippen LogP) is 1.32. The smallest absolute Gasteiger partial charge is 0.0623 e. The summed E-state index contributed by atoms with van der Waals surface area (Å²) in [6, 6.07) is 10.0. The zero-order valence-electron chi connectivity index (χ0n) is 7.14. The molecule has 0 spiro atoms. The Kier molecular flexibility index (Phi) is 1.92. The van der Waals surface area contributed by atoms with Crippen LogP contribution in [0.25, 0.3) is 0 Å². The molecule has 2 rings (SSSR count). The van der Waals surface area contributed by atoms with Gasteiger partial charge >= 0.3 is 0 Å². The van der Waals surface area contributed by atoms with Crippen molar-refractivity contribution in [3.8, 4) is 0 Å². The van der Waals surface area contributed by atoms with E-state index < -0.39 is 0 Å². The number of hydrazine groups is 1. The Bertz CT molecular complexity index is 340. The molecule has 3 N–H and O–H groups in total. The lowest BCUT2D eigenvalue weighted by Gasteiger charge is -2.23. The molecule has 0 aliphatic carbocycles. The summed E-state index contributed by atoms with van der Waals surface area (Å²) in [5.41, 5.74) is 10.4. The highest BCUT2D eigenvalue weighted by atomic mass is 15.5. The normalized spacial score (nSPS) is 15.1. The maximum atomic E-state index is 5.56. The van der Waals surface area contributed by atoms with E-state index in [1.165, 1.54) is 0 Å². The number of benzene rings is 1. The van der Waals surface area contributed by atoms with Crippen molar-refractivity contribution >= 4 is 5.69 Å². The fourth-order valence-corrected chi connectivity index (χ4v) is 1.15. The van der Waals surface area contributed by atoms with E-state index in [-0.39, 0.29) is 0 Å². The van der Waals surface area contributed by atoms with E-state index in [2.05, 4.69) is 5.43 Å². The minimum atomic E-state index is 0.729. The van der Waals surface area contributed by atoms with Crippen molar-refractivity contribution in [2.45, 2.75) is 0 Å². The SMILES string of the molecule is NC1=CNN(c2ccccc2)C=C1. The molecule has 1 aliphatic rings. The molecule has 66 valence electrons. The van der Waals surface area contributed by atoms with Gasteiger partial charge < -0.3 is 5.73 Å². The summed E-state index contributed by atoms with van der Waals surface area (Å²) in [4.78, 5) is 0. The lowest BCUT2D eigenvalue weighted by molar-refractivity contribution is 0.854. The van der Waals surface area contributed by atoms with Gasteiger partial charge in [0.15, 0.2) is 0 Å². The maximum absolute atomic E-state index is 5.56. The first-order chi connectivity index (χ1) is 6.36. The van der Waals surface area contributed by atoms with E-state index in [0.717, 1.165) is 11.4 Å². The third-order valence-corrected chi connectivity index (χ3v) is 1.82. The van der Waals surface area contributed by atoms with E-state index in [1.54, 1.807) is 6.20 Å². The average Bonchev–Trinajstić information content (AvgIpc) is 2.20. The Morgan fingerprint density at radius 1 is 1.15 bits per heavy atom. The molecular weight excluding hydrogens is 162 g/mol. The summed E-state index contributed by atoms with van der Waals surface area (Å²) in [6.45, 7) is 0. The summed E-state index contributed by atoms with van der Waals surface area (Å²) in [6.07, 6.45) is 5.50. The molecule has 0 aromatic heterocycles. The lowest BCUT2D eigenvalue weighted by atomic mass is 10.3. The molecule has 1 aliphatic heterocycles. The summed E-state index contributed by atoms with van der Waals surface area (Å²) < 4.78 is 0. The molecule has 3 nitrogen and oxygen atoms in total. The molecule has 0 unspecified atom stereocenters. The van der Waals surface area contributed by atoms with Crippen LogP contribution in [-0.4, -0.2) is 0 Å². The average molecular weight is 173 g/mol. The molecule has 0 amide bonds. The van der Waals surface area contributed by atoms with Gasteiger partial charge in [0.1, 0.15) is 0 Å². The molecule has 0 bridgehead atoms. The quantitative estimate of drug-likeness (QED) is 0.673. The van der Waals surface area contributed by atoms with Crippen molar-refractivity contribution in [1.82, 2.24) is 5.43 Å². The molecule has 1 aromatic carbocycles. The maximum Gasteiger partial charge on any atom is 0.0623 e. The van der Waals surface area contributed by atoms with Crippen molar-refractivity contribution in [2.75, 3.05) is 5.01 Å². The first-order valence-corrected chi connectivity index (χ1v) is 4.10. The second-order valence-corrected chi connectivity index (χ2v) is 2.79. The van der Waals surface area contributed by atoms with Crippen molar-refractivity contribution in [1.29, 1.82) is 0 Å². The van der Waals surface area contributed by atoms with Crippen LogP contribution in [0.15, 0.2) is 54.5 Å². The first-order valence-electron chi connectivity index (χ1n) is 4.10. The van der Waals surface area contributed by atoms with Crippen molar-refractivity contribution in [3.63, 3.8) is 0 Å². The summed E-state index contributed by atoms with van der Waals surface area (Å²) in [5, 5.41) is 1.90. The molecule has 0 radical (unpaired) electrons. The molecule has 0 saturated carbocycles. The van der Waals surface area contributed by atoms with Crippen LogP contribution in [0.1, 0.15) is 0 Å². The predicted molar refractivity (Wildman–Crippen MR) is 53.5 cm³/mol. The number of allylic oxidation sites excluding steroid dienone is 1. The third kappa shape index (κ3) is 1.64. The second kappa shape index (κ2) is 3.23. The van der Waals surface area contributed by atoms with Gasteiger partial charge in [-0.2, -0.15) is 0 Å². The Balaban J connectivity index is 2.18. The van der Waals surface area contributed by atoms with E-state index in [9.17, 15) is 0 Å². The monoisotopic (exact) mass is 173 g/mol. The van der Waals surface area contributed by atoms with Gasteiger partial charge in [0.25, 0.3) is 0 Å². The van der Waals surface area contributed by atoms with Crippen LogP contribution >= 0.6 is 0 Å². The molecule has 0 fully saturated rings. The number of anilines is 1. The Morgan fingerprint density at radius 3 is 2.54 bits per heavy atom. The van der Waals surface area contributed by atoms with Crippen molar-refractivity contribution in [3.05, 3.63) is 54.5 Å². The first kappa shape index (κ1) is 7.73. The Hall–Kier alpha value is -1.90. The molecule has 13 heavy (non-hydrogen) atoms. The highest BCUT2D eigenvalue weighted by Crippen LogP contribution is 2.13. The molecule has 1 heterocycles. The summed E-state index contributed by atoms with van der Waals surface area (Å²) in [7, 11) is 0. The number of rotatable bonds is 1. The fraction of sp³-hybridized carbons (Fsp3) is 0. The van der Waals surface area contributed by atoms with Crippen LogP contribution in [0.3, 0.4) is 0 Å². The van der Waals surface area contributed by atoms with Gasteiger partial charge in [-0.3, -0.25) is 10.4 Å². The van der Waals surface area contributed by atoms with Gasteiger partial charge in [0.2, 0.25) is 0 Å². The van der Waals surface area contributed by atoms with E-state index >= 15 is 0 Å². The van der Waals surface area contributed by atoms with Crippen LogP contribution < -0.4 is 16.2 Å². The molecular formula is C10H11N3. The van der Waals surface area contributed by atoms with Crippen LogP contribution in [0.2, 0.25) is 0 Å². The highest BCUT2D eigenvalue weighted by molar-refractivity contribution is 5.49. The Morgan fingerprint density at radius 2 is 1.92 bits per heavy atom. The lowest BCUT2D eigenvalue weighted by Crippen LogP contribution is -2.32. The molecule has 0 saturated heterocycles. The number of hydrogen-bond acceptors (Lipinski definition) is 3. The number of nitrogens with one attached hydrogen (secondary N) is 1. The fourth-order valence-electron chi connectivity index (χ4n) is 1.15. The standard InChI is InChI=1S/C10H11N3/c11-9-6-7-13(12-8-9)10-4-2-1-3-5-10/h1-8,12H,11H2. The van der Waals surface area contributed by atoms with E-state index in [4.69, 9.17) is 5.73 Å². The van der Waals surface area contributed by atoms with Gasteiger partial charge in [-0.25, -0.2) is 0 Å². The number of nitrogens with two attached hydrogens (primary N) is 1. The van der Waals surface area contributed by atoms with Crippen LogP contribution in [0.4, 0.5) is 5.69 Å². The van der Waals surface area contributed by atoms with Gasteiger partial charge in [0, 0.05) is 12.4 Å². The molecule has 0 atom stereocenters. The number of hydrogen-bond donors (Lipinski definition) is 2. The van der Waals surface area contributed by atoms with Crippen molar-refractivity contribution in [2.24, 2.45) is 5.73 Å². The van der Waals surface area contributed by atoms with E-state index in [0.29, 0.717) is 0 Å². The van der Waals surface area contributed by atoms with Gasteiger partial charge in [-0.1, -0.05) is 18.2 Å². The topological polar surface area (TPSA) is 41.3 Å². The molecule has 3 heteroatoms.